The first-order valence-electron chi connectivity index (χ1n) is 11.2. The van der Waals surface area contributed by atoms with Crippen molar-refractivity contribution in [1.82, 2.24) is 14.8 Å². The first-order valence-corrected chi connectivity index (χ1v) is 11.2. The van der Waals surface area contributed by atoms with Gasteiger partial charge >= 0.3 is 0 Å². The minimum absolute atomic E-state index is 0.851. The van der Waals surface area contributed by atoms with Gasteiger partial charge < -0.3 is 14.7 Å². The number of aryl methyl sites for hydroxylation is 3. The highest BCUT2D eigenvalue weighted by Gasteiger charge is 2.24. The highest BCUT2D eigenvalue weighted by Crippen LogP contribution is 2.31. The lowest BCUT2D eigenvalue weighted by Crippen LogP contribution is -2.47. The lowest BCUT2D eigenvalue weighted by Gasteiger charge is -2.38. The molecule has 0 amide bonds. The molecule has 150 valence electrons. The molecule has 2 saturated heterocycles. The largest absolute Gasteiger partial charge is 0.357 e. The third kappa shape index (κ3) is 3.65. The Morgan fingerprint density at radius 3 is 2.39 bits per heavy atom. The number of benzene rings is 1. The molecule has 3 aliphatic rings. The van der Waals surface area contributed by atoms with E-state index in [9.17, 15) is 0 Å². The maximum atomic E-state index is 5.10. The van der Waals surface area contributed by atoms with Crippen molar-refractivity contribution in [2.24, 2.45) is 5.92 Å². The number of piperazine rings is 1. The first kappa shape index (κ1) is 18.4. The van der Waals surface area contributed by atoms with Crippen LogP contribution in [0, 0.1) is 12.8 Å². The Hall–Kier alpha value is -1.65. The number of aromatic nitrogens is 1. The monoisotopic (exact) mass is 378 g/mol. The summed E-state index contributed by atoms with van der Waals surface area (Å²) >= 11 is 0. The van der Waals surface area contributed by atoms with Crippen LogP contribution in [0.3, 0.4) is 0 Å². The molecule has 0 radical (unpaired) electrons. The maximum absolute atomic E-state index is 5.10. The Morgan fingerprint density at radius 1 is 0.929 bits per heavy atom. The van der Waals surface area contributed by atoms with E-state index in [1.54, 1.807) is 5.56 Å². The van der Waals surface area contributed by atoms with Crippen LogP contribution in [0.2, 0.25) is 0 Å². The zero-order valence-electron chi connectivity index (χ0n) is 17.6. The maximum Gasteiger partial charge on any atom is 0.129 e. The van der Waals surface area contributed by atoms with Crippen molar-refractivity contribution in [1.29, 1.82) is 0 Å². The predicted octanol–water partition coefficient (Wildman–Crippen LogP) is 3.50. The normalized spacial score (nSPS) is 22.1. The van der Waals surface area contributed by atoms with Crippen LogP contribution in [0.15, 0.2) is 18.2 Å². The summed E-state index contributed by atoms with van der Waals surface area (Å²) in [5, 5.41) is 1.36. The molecular weight excluding hydrogens is 344 g/mol. The van der Waals surface area contributed by atoms with E-state index in [0.29, 0.717) is 0 Å². The zero-order chi connectivity index (χ0) is 19.1. The summed E-state index contributed by atoms with van der Waals surface area (Å²) in [4.78, 5) is 12.8. The molecule has 0 saturated carbocycles. The Morgan fingerprint density at radius 2 is 1.64 bits per heavy atom. The molecule has 4 heteroatoms. The summed E-state index contributed by atoms with van der Waals surface area (Å²) in [5.41, 5.74) is 5.67. The number of likely N-dealkylation sites (N-methyl/N-ethyl adjacent to an activating group) is 1. The van der Waals surface area contributed by atoms with Gasteiger partial charge in [-0.1, -0.05) is 0 Å². The molecule has 5 rings (SSSR count). The minimum atomic E-state index is 0.851. The zero-order valence-corrected chi connectivity index (χ0v) is 17.6. The van der Waals surface area contributed by atoms with Crippen LogP contribution in [-0.4, -0.2) is 67.6 Å². The number of piperidine rings is 1. The van der Waals surface area contributed by atoms with Gasteiger partial charge in [0.25, 0.3) is 0 Å². The molecule has 2 aromatic rings. The number of pyridine rings is 1. The van der Waals surface area contributed by atoms with Gasteiger partial charge in [0.1, 0.15) is 5.82 Å². The molecule has 1 aliphatic carbocycles. The molecule has 0 atom stereocenters. The summed E-state index contributed by atoms with van der Waals surface area (Å²) in [6.07, 6.45) is 6.38. The van der Waals surface area contributed by atoms with Crippen molar-refractivity contribution < 1.29 is 0 Å². The van der Waals surface area contributed by atoms with Crippen molar-refractivity contribution in [3.05, 3.63) is 34.9 Å². The molecule has 0 bridgehead atoms. The second-order valence-electron chi connectivity index (χ2n) is 9.32. The van der Waals surface area contributed by atoms with E-state index in [4.69, 9.17) is 4.98 Å². The average molecular weight is 379 g/mol. The Kier molecular flexibility index (Phi) is 5.02. The number of rotatable bonds is 3. The molecule has 2 aliphatic heterocycles. The van der Waals surface area contributed by atoms with E-state index in [-0.39, 0.29) is 0 Å². The second-order valence-corrected chi connectivity index (χ2v) is 9.32. The van der Waals surface area contributed by atoms with Crippen molar-refractivity contribution in [3.8, 4) is 0 Å². The predicted molar refractivity (Wildman–Crippen MR) is 117 cm³/mol. The van der Waals surface area contributed by atoms with E-state index < -0.39 is 0 Å². The molecule has 4 nitrogen and oxygen atoms in total. The Bertz CT molecular complexity index is 845. The Balaban J connectivity index is 1.26. The lowest BCUT2D eigenvalue weighted by atomic mass is 9.95. The SMILES string of the molecule is Cc1cc(N2CCC(CN3CCN(C)CC3)CC2)nc2cc3c(cc12)CCC3. The van der Waals surface area contributed by atoms with E-state index in [0.717, 1.165) is 19.0 Å². The van der Waals surface area contributed by atoms with Gasteiger partial charge in [-0.05, 0) is 86.9 Å². The van der Waals surface area contributed by atoms with Crippen LogP contribution in [-0.2, 0) is 12.8 Å². The number of fused-ring (bicyclic) bond motifs is 2. The lowest BCUT2D eigenvalue weighted by molar-refractivity contribution is 0.129. The Labute approximate surface area is 169 Å². The third-order valence-corrected chi connectivity index (χ3v) is 7.27. The van der Waals surface area contributed by atoms with Gasteiger partial charge in [-0.2, -0.15) is 0 Å². The van der Waals surface area contributed by atoms with Crippen LogP contribution < -0.4 is 4.90 Å². The number of nitrogens with zero attached hydrogens (tertiary/aromatic N) is 4. The summed E-state index contributed by atoms with van der Waals surface area (Å²) in [6.45, 7) is 10.8. The second kappa shape index (κ2) is 7.64. The van der Waals surface area contributed by atoms with Crippen molar-refractivity contribution in [3.63, 3.8) is 0 Å². The molecule has 0 spiro atoms. The minimum Gasteiger partial charge on any atom is -0.357 e. The molecule has 2 fully saturated rings. The number of hydrogen-bond acceptors (Lipinski definition) is 4. The average Bonchev–Trinajstić information content (AvgIpc) is 3.16. The fraction of sp³-hybridized carbons (Fsp3) is 0.625. The summed E-state index contributed by atoms with van der Waals surface area (Å²) in [6, 6.07) is 7.10. The van der Waals surface area contributed by atoms with Crippen LogP contribution in [0.1, 0.15) is 36.0 Å². The van der Waals surface area contributed by atoms with Gasteiger partial charge in [-0.25, -0.2) is 4.98 Å². The standard InChI is InChI=1S/C24H34N4/c1-18-14-24(25-23-16-21-5-3-4-20(21)15-22(18)23)28-8-6-19(7-9-28)17-27-12-10-26(2)11-13-27/h14-16,19H,3-13,17H2,1-2H3. The smallest absolute Gasteiger partial charge is 0.129 e. The number of hydrogen-bond donors (Lipinski definition) is 0. The van der Waals surface area contributed by atoms with Crippen molar-refractivity contribution in [2.75, 3.05) is 57.8 Å². The topological polar surface area (TPSA) is 22.6 Å². The molecule has 0 unspecified atom stereocenters. The molecular formula is C24H34N4. The molecule has 1 aromatic carbocycles. The van der Waals surface area contributed by atoms with Crippen molar-refractivity contribution in [2.45, 2.75) is 39.0 Å². The van der Waals surface area contributed by atoms with Crippen LogP contribution in [0.4, 0.5) is 5.82 Å². The van der Waals surface area contributed by atoms with E-state index in [1.807, 2.05) is 0 Å². The van der Waals surface area contributed by atoms with Gasteiger partial charge in [0.15, 0.2) is 0 Å². The van der Waals surface area contributed by atoms with Crippen LogP contribution >= 0.6 is 0 Å². The van der Waals surface area contributed by atoms with E-state index >= 15 is 0 Å². The molecule has 0 N–H and O–H groups in total. The summed E-state index contributed by atoms with van der Waals surface area (Å²) in [7, 11) is 2.24. The summed E-state index contributed by atoms with van der Waals surface area (Å²) in [5.74, 6) is 2.05. The van der Waals surface area contributed by atoms with Crippen LogP contribution in [0.25, 0.3) is 10.9 Å². The van der Waals surface area contributed by atoms with Gasteiger partial charge in [0, 0.05) is 51.2 Å². The fourth-order valence-electron chi connectivity index (χ4n) is 5.35. The van der Waals surface area contributed by atoms with Crippen LogP contribution in [0.5, 0.6) is 0 Å². The van der Waals surface area contributed by atoms with Gasteiger partial charge in [0.05, 0.1) is 5.52 Å². The quantitative estimate of drug-likeness (QED) is 0.815. The van der Waals surface area contributed by atoms with E-state index in [2.05, 4.69) is 46.9 Å². The first-order chi connectivity index (χ1) is 13.7. The summed E-state index contributed by atoms with van der Waals surface area (Å²) < 4.78 is 0. The molecule has 3 heterocycles. The van der Waals surface area contributed by atoms with Crippen molar-refractivity contribution >= 4 is 16.7 Å². The molecule has 1 aromatic heterocycles. The third-order valence-electron chi connectivity index (χ3n) is 7.27. The van der Waals surface area contributed by atoms with E-state index in [1.165, 1.54) is 92.7 Å². The highest BCUT2D eigenvalue weighted by atomic mass is 15.2. The number of anilines is 1. The highest BCUT2D eigenvalue weighted by molar-refractivity contribution is 5.85. The fourth-order valence-corrected chi connectivity index (χ4v) is 5.35. The van der Waals surface area contributed by atoms with Gasteiger partial charge in [-0.15, -0.1) is 0 Å². The van der Waals surface area contributed by atoms with Gasteiger partial charge in [0.2, 0.25) is 0 Å². The molecule has 28 heavy (non-hydrogen) atoms. The van der Waals surface area contributed by atoms with Gasteiger partial charge in [-0.3, -0.25) is 0 Å².